The molecule has 1 aromatic carbocycles. The van der Waals surface area contributed by atoms with Crippen LogP contribution in [0.25, 0.3) is 0 Å². The SMILES string of the molecule is CC(C)NC(=O)C1CCN(C(=O)N2CCOc3ccc(Cl)cc32)CC1. The van der Waals surface area contributed by atoms with Crippen molar-refractivity contribution in [3.8, 4) is 5.75 Å². The fourth-order valence-electron chi connectivity index (χ4n) is 3.30. The molecule has 1 saturated heterocycles. The van der Waals surface area contributed by atoms with Crippen LogP contribution in [0.5, 0.6) is 5.75 Å². The van der Waals surface area contributed by atoms with E-state index in [1.54, 1.807) is 23.1 Å². The van der Waals surface area contributed by atoms with Crippen LogP contribution in [0.4, 0.5) is 10.5 Å². The predicted molar refractivity (Wildman–Crippen MR) is 97.3 cm³/mol. The Morgan fingerprint density at radius 2 is 1.96 bits per heavy atom. The molecule has 1 N–H and O–H groups in total. The monoisotopic (exact) mass is 365 g/mol. The molecule has 0 aromatic heterocycles. The van der Waals surface area contributed by atoms with Gasteiger partial charge in [0.2, 0.25) is 5.91 Å². The van der Waals surface area contributed by atoms with Crippen molar-refractivity contribution in [2.75, 3.05) is 31.1 Å². The van der Waals surface area contributed by atoms with Gasteiger partial charge in [-0.05, 0) is 44.9 Å². The number of anilines is 1. The van der Waals surface area contributed by atoms with Crippen LogP contribution in [0.3, 0.4) is 0 Å². The van der Waals surface area contributed by atoms with Crippen LogP contribution in [0.2, 0.25) is 5.02 Å². The molecule has 6 nitrogen and oxygen atoms in total. The molecule has 0 aliphatic carbocycles. The van der Waals surface area contributed by atoms with Crippen molar-refractivity contribution < 1.29 is 14.3 Å². The molecule has 0 radical (unpaired) electrons. The number of hydrogen-bond acceptors (Lipinski definition) is 3. The Morgan fingerprint density at radius 1 is 1.24 bits per heavy atom. The number of ether oxygens (including phenoxy) is 1. The van der Waals surface area contributed by atoms with Crippen LogP contribution in [0.15, 0.2) is 18.2 Å². The van der Waals surface area contributed by atoms with Gasteiger partial charge in [0.05, 0.1) is 12.2 Å². The number of piperidine rings is 1. The van der Waals surface area contributed by atoms with E-state index >= 15 is 0 Å². The van der Waals surface area contributed by atoms with E-state index in [0.29, 0.717) is 55.5 Å². The lowest BCUT2D eigenvalue weighted by molar-refractivity contribution is -0.126. The minimum absolute atomic E-state index is 0.0159. The largest absolute Gasteiger partial charge is 0.490 e. The number of carbonyl (C=O) groups excluding carboxylic acids is 2. The first kappa shape index (κ1) is 17.9. The molecule has 2 aliphatic heterocycles. The van der Waals surface area contributed by atoms with E-state index in [1.165, 1.54) is 0 Å². The summed E-state index contributed by atoms with van der Waals surface area (Å²) in [5.74, 6) is 0.749. The lowest BCUT2D eigenvalue weighted by Gasteiger charge is -2.37. The summed E-state index contributed by atoms with van der Waals surface area (Å²) in [4.78, 5) is 28.6. The van der Waals surface area contributed by atoms with Crippen LogP contribution in [-0.2, 0) is 4.79 Å². The number of amides is 3. The molecule has 3 amide bonds. The molecular weight excluding hydrogens is 342 g/mol. The Hall–Kier alpha value is -1.95. The molecule has 7 heteroatoms. The molecule has 0 unspecified atom stereocenters. The number of hydrogen-bond donors (Lipinski definition) is 1. The zero-order valence-corrected chi connectivity index (χ0v) is 15.4. The molecule has 25 heavy (non-hydrogen) atoms. The van der Waals surface area contributed by atoms with Gasteiger partial charge in [-0.15, -0.1) is 0 Å². The molecular formula is C18H24ClN3O3. The number of rotatable bonds is 2. The van der Waals surface area contributed by atoms with Gasteiger partial charge in [0.1, 0.15) is 12.4 Å². The lowest BCUT2D eigenvalue weighted by Crippen LogP contribution is -2.50. The summed E-state index contributed by atoms with van der Waals surface area (Å²) in [6.45, 7) is 6.05. The summed E-state index contributed by atoms with van der Waals surface area (Å²) in [7, 11) is 0. The zero-order valence-electron chi connectivity index (χ0n) is 14.6. The Kier molecular flexibility index (Phi) is 5.37. The molecule has 0 saturated carbocycles. The first-order valence-corrected chi connectivity index (χ1v) is 9.12. The van der Waals surface area contributed by atoms with Crippen molar-refractivity contribution >= 4 is 29.2 Å². The molecule has 0 bridgehead atoms. The molecule has 1 aromatic rings. The Balaban J connectivity index is 1.64. The molecule has 2 heterocycles. The van der Waals surface area contributed by atoms with Crippen LogP contribution >= 0.6 is 11.6 Å². The van der Waals surface area contributed by atoms with Gasteiger partial charge >= 0.3 is 6.03 Å². The minimum Gasteiger partial charge on any atom is -0.490 e. The molecule has 0 atom stereocenters. The zero-order chi connectivity index (χ0) is 18.0. The summed E-state index contributed by atoms with van der Waals surface area (Å²) in [5.41, 5.74) is 0.712. The lowest BCUT2D eigenvalue weighted by atomic mass is 9.96. The maximum absolute atomic E-state index is 12.9. The van der Waals surface area contributed by atoms with E-state index < -0.39 is 0 Å². The highest BCUT2D eigenvalue weighted by Gasteiger charge is 2.32. The normalized spacial score (nSPS) is 17.9. The van der Waals surface area contributed by atoms with Crippen LogP contribution < -0.4 is 15.0 Å². The predicted octanol–water partition coefficient (Wildman–Crippen LogP) is 2.90. The highest BCUT2D eigenvalue weighted by Crippen LogP contribution is 2.35. The average Bonchev–Trinajstić information content (AvgIpc) is 2.60. The summed E-state index contributed by atoms with van der Waals surface area (Å²) in [6.07, 6.45) is 1.38. The van der Waals surface area contributed by atoms with E-state index in [9.17, 15) is 9.59 Å². The molecule has 2 aliphatic rings. The van der Waals surface area contributed by atoms with E-state index in [0.717, 1.165) is 0 Å². The fraction of sp³-hybridized carbons (Fsp3) is 0.556. The quantitative estimate of drug-likeness (QED) is 0.876. The average molecular weight is 366 g/mol. The molecule has 0 spiro atoms. The van der Waals surface area contributed by atoms with Gasteiger partial charge in [-0.3, -0.25) is 9.69 Å². The first-order valence-electron chi connectivity index (χ1n) is 8.75. The van der Waals surface area contributed by atoms with Gasteiger partial charge in [0.25, 0.3) is 0 Å². The third-order valence-electron chi connectivity index (χ3n) is 4.58. The third-order valence-corrected chi connectivity index (χ3v) is 4.82. The minimum atomic E-state index is -0.0467. The fourth-order valence-corrected chi connectivity index (χ4v) is 3.46. The summed E-state index contributed by atoms with van der Waals surface area (Å²) >= 11 is 6.08. The van der Waals surface area contributed by atoms with Crippen molar-refractivity contribution in [3.05, 3.63) is 23.2 Å². The molecule has 3 rings (SSSR count). The maximum Gasteiger partial charge on any atom is 0.324 e. The number of nitrogens with one attached hydrogen (secondary N) is 1. The number of urea groups is 1. The summed E-state index contributed by atoms with van der Waals surface area (Å²) < 4.78 is 5.61. The van der Waals surface area contributed by atoms with Crippen molar-refractivity contribution in [3.63, 3.8) is 0 Å². The number of nitrogens with zero attached hydrogens (tertiary/aromatic N) is 2. The van der Waals surface area contributed by atoms with Crippen molar-refractivity contribution in [2.45, 2.75) is 32.7 Å². The molecule has 1 fully saturated rings. The number of likely N-dealkylation sites (tertiary alicyclic amines) is 1. The van der Waals surface area contributed by atoms with E-state index in [1.807, 2.05) is 18.7 Å². The second-order valence-corrected chi connectivity index (χ2v) is 7.26. The van der Waals surface area contributed by atoms with Gasteiger partial charge < -0.3 is 15.0 Å². The summed E-state index contributed by atoms with van der Waals surface area (Å²) in [6, 6.07) is 5.40. The van der Waals surface area contributed by atoms with Gasteiger partial charge in [0.15, 0.2) is 0 Å². The van der Waals surface area contributed by atoms with Crippen LogP contribution in [0, 0.1) is 5.92 Å². The topological polar surface area (TPSA) is 61.9 Å². The van der Waals surface area contributed by atoms with Gasteiger partial charge in [-0.25, -0.2) is 4.79 Å². The van der Waals surface area contributed by atoms with Gasteiger partial charge in [-0.2, -0.15) is 0 Å². The third kappa shape index (κ3) is 4.00. The standard InChI is InChI=1S/C18H24ClN3O3/c1-12(2)20-17(23)13-5-7-21(8-6-13)18(24)22-9-10-25-16-4-3-14(19)11-15(16)22/h3-4,11-13H,5-10H2,1-2H3,(H,20,23). The Morgan fingerprint density at radius 3 is 2.64 bits per heavy atom. The second kappa shape index (κ2) is 7.52. The summed E-state index contributed by atoms with van der Waals surface area (Å²) in [5, 5.41) is 3.53. The molecule has 136 valence electrons. The number of benzene rings is 1. The van der Waals surface area contributed by atoms with E-state index in [2.05, 4.69) is 5.32 Å². The van der Waals surface area contributed by atoms with E-state index in [4.69, 9.17) is 16.3 Å². The smallest absolute Gasteiger partial charge is 0.324 e. The van der Waals surface area contributed by atoms with E-state index in [-0.39, 0.29) is 23.9 Å². The highest BCUT2D eigenvalue weighted by molar-refractivity contribution is 6.31. The number of halogens is 1. The van der Waals surface area contributed by atoms with Crippen molar-refractivity contribution in [1.29, 1.82) is 0 Å². The Labute approximate surface area is 153 Å². The second-order valence-electron chi connectivity index (χ2n) is 6.82. The first-order chi connectivity index (χ1) is 12.0. The van der Waals surface area contributed by atoms with Crippen LogP contribution in [0.1, 0.15) is 26.7 Å². The van der Waals surface area contributed by atoms with Crippen molar-refractivity contribution in [1.82, 2.24) is 10.2 Å². The van der Waals surface area contributed by atoms with Gasteiger partial charge in [-0.1, -0.05) is 11.6 Å². The van der Waals surface area contributed by atoms with Gasteiger partial charge in [0, 0.05) is 30.1 Å². The number of carbonyl (C=O) groups is 2. The number of fused-ring (bicyclic) bond motifs is 1. The van der Waals surface area contributed by atoms with Crippen molar-refractivity contribution in [2.24, 2.45) is 5.92 Å². The Bertz CT molecular complexity index is 657. The maximum atomic E-state index is 12.9. The van der Waals surface area contributed by atoms with Crippen LogP contribution in [-0.4, -0.2) is 49.1 Å². The highest BCUT2D eigenvalue weighted by atomic mass is 35.5.